The number of carbonyl (C=O) groups is 1. The van der Waals surface area contributed by atoms with E-state index in [4.69, 9.17) is 21.5 Å². The lowest BCUT2D eigenvalue weighted by molar-refractivity contribution is 0.0499. The number of carbonyl (C=O) groups excluding carboxylic acids is 1. The van der Waals surface area contributed by atoms with Gasteiger partial charge in [-0.3, -0.25) is 0 Å². The van der Waals surface area contributed by atoms with Crippen molar-refractivity contribution in [2.24, 2.45) is 5.14 Å². The second kappa shape index (κ2) is 6.17. The fourth-order valence-electron chi connectivity index (χ4n) is 1.24. The number of benzene rings is 1. The van der Waals surface area contributed by atoms with Crippen molar-refractivity contribution in [2.75, 3.05) is 6.61 Å². The maximum absolute atomic E-state index is 11.6. The quantitative estimate of drug-likeness (QED) is 0.663. The van der Waals surface area contributed by atoms with Crippen molar-refractivity contribution in [3.63, 3.8) is 0 Å². The highest BCUT2D eigenvalue weighted by atomic mass is 35.5. The fraction of sp³-hybridized carbons (Fsp3) is 0.364. The van der Waals surface area contributed by atoms with Crippen LogP contribution in [0, 0.1) is 0 Å². The summed E-state index contributed by atoms with van der Waals surface area (Å²) in [5.41, 5.74) is 0.111. The lowest BCUT2D eigenvalue weighted by atomic mass is 10.2. The summed E-state index contributed by atoms with van der Waals surface area (Å²) < 4.78 is 27.4. The summed E-state index contributed by atoms with van der Waals surface area (Å²) in [6, 6.07) is 3.81. The summed E-state index contributed by atoms with van der Waals surface area (Å²) in [5.74, 6) is -0.593. The molecule has 5 nitrogen and oxygen atoms in total. The normalized spacial score (nSPS) is 11.3. The largest absolute Gasteiger partial charge is 0.462 e. The number of sulfonamides is 1. The van der Waals surface area contributed by atoms with Gasteiger partial charge in [0.15, 0.2) is 0 Å². The SMILES string of the molecule is CCCCOC(=O)c1ccc(Cl)c(S(N)(=O)=O)c1. The number of primary sulfonamides is 1. The molecule has 0 aliphatic carbocycles. The van der Waals surface area contributed by atoms with Crippen LogP contribution in [0.1, 0.15) is 30.1 Å². The van der Waals surface area contributed by atoms with E-state index in [0.29, 0.717) is 6.61 Å². The first kappa shape index (κ1) is 14.9. The molecule has 1 aromatic carbocycles. The molecule has 0 bridgehead atoms. The third kappa shape index (κ3) is 3.97. The van der Waals surface area contributed by atoms with Crippen molar-refractivity contribution >= 4 is 27.6 Å². The van der Waals surface area contributed by atoms with E-state index in [1.54, 1.807) is 0 Å². The second-order valence-electron chi connectivity index (χ2n) is 3.68. The number of unbranched alkanes of at least 4 members (excludes halogenated alkanes) is 1. The molecule has 0 radical (unpaired) electrons. The van der Waals surface area contributed by atoms with Gasteiger partial charge in [-0.25, -0.2) is 18.4 Å². The summed E-state index contributed by atoms with van der Waals surface area (Å²) in [6.07, 6.45) is 1.65. The van der Waals surface area contributed by atoms with Crippen molar-refractivity contribution < 1.29 is 17.9 Å². The van der Waals surface area contributed by atoms with Gasteiger partial charge in [-0.05, 0) is 24.6 Å². The predicted molar refractivity (Wildman–Crippen MR) is 68.0 cm³/mol. The Kier molecular flexibility index (Phi) is 5.13. The van der Waals surface area contributed by atoms with Gasteiger partial charge in [0, 0.05) is 0 Å². The van der Waals surface area contributed by atoms with Crippen molar-refractivity contribution in [2.45, 2.75) is 24.7 Å². The number of hydrogen-bond acceptors (Lipinski definition) is 4. The summed E-state index contributed by atoms with van der Waals surface area (Å²) in [6.45, 7) is 2.26. The molecule has 0 fully saturated rings. The third-order valence-electron chi connectivity index (χ3n) is 2.20. The molecule has 0 heterocycles. The Bertz CT molecular complexity index is 542. The Hall–Kier alpha value is -1.11. The molecule has 1 aromatic rings. The minimum Gasteiger partial charge on any atom is -0.462 e. The molecule has 0 saturated heterocycles. The van der Waals surface area contributed by atoms with Gasteiger partial charge in [-0.1, -0.05) is 24.9 Å². The van der Waals surface area contributed by atoms with E-state index in [2.05, 4.69) is 0 Å². The standard InChI is InChI=1S/C11H14ClNO4S/c1-2-3-6-17-11(14)8-4-5-9(12)10(7-8)18(13,15)16/h4-5,7H,2-3,6H2,1H3,(H2,13,15,16). The van der Waals surface area contributed by atoms with Crippen molar-refractivity contribution in [3.8, 4) is 0 Å². The van der Waals surface area contributed by atoms with Crippen molar-refractivity contribution in [1.82, 2.24) is 0 Å². The number of rotatable bonds is 5. The van der Waals surface area contributed by atoms with Crippen LogP contribution in [0.5, 0.6) is 0 Å². The average molecular weight is 292 g/mol. The van der Waals surface area contributed by atoms with Gasteiger partial charge in [0.05, 0.1) is 17.2 Å². The Labute approximate surface area is 111 Å². The van der Waals surface area contributed by atoms with Crippen LogP contribution in [-0.2, 0) is 14.8 Å². The number of hydrogen-bond donors (Lipinski definition) is 1. The van der Waals surface area contributed by atoms with Crippen LogP contribution >= 0.6 is 11.6 Å². The molecule has 2 N–H and O–H groups in total. The number of ether oxygens (including phenoxy) is 1. The van der Waals surface area contributed by atoms with E-state index in [9.17, 15) is 13.2 Å². The van der Waals surface area contributed by atoms with Crippen LogP contribution in [0.15, 0.2) is 23.1 Å². The van der Waals surface area contributed by atoms with Crippen LogP contribution in [-0.4, -0.2) is 21.0 Å². The van der Waals surface area contributed by atoms with Crippen LogP contribution < -0.4 is 5.14 Å². The first-order valence-corrected chi connectivity index (χ1v) is 7.28. The maximum Gasteiger partial charge on any atom is 0.338 e. The zero-order valence-electron chi connectivity index (χ0n) is 9.85. The summed E-state index contributed by atoms with van der Waals surface area (Å²) in [4.78, 5) is 11.3. The molecule has 0 aliphatic heterocycles. The Balaban J connectivity index is 2.95. The second-order valence-corrected chi connectivity index (χ2v) is 5.62. The molecular weight excluding hydrogens is 278 g/mol. The maximum atomic E-state index is 11.6. The predicted octanol–water partition coefficient (Wildman–Crippen LogP) is 1.94. The number of halogens is 1. The number of esters is 1. The number of nitrogens with two attached hydrogens (primary N) is 1. The molecule has 0 spiro atoms. The van der Waals surface area contributed by atoms with Crippen molar-refractivity contribution in [3.05, 3.63) is 28.8 Å². The Morgan fingerprint density at radius 2 is 2.11 bits per heavy atom. The van der Waals surface area contributed by atoms with Gasteiger partial charge < -0.3 is 4.74 Å². The van der Waals surface area contributed by atoms with Crippen LogP contribution in [0.25, 0.3) is 0 Å². The smallest absolute Gasteiger partial charge is 0.338 e. The first-order valence-electron chi connectivity index (χ1n) is 5.35. The lowest BCUT2D eigenvalue weighted by Gasteiger charge is -2.06. The molecule has 0 aromatic heterocycles. The fourth-order valence-corrected chi connectivity index (χ4v) is 2.31. The van der Waals surface area contributed by atoms with E-state index < -0.39 is 16.0 Å². The molecule has 0 unspecified atom stereocenters. The Morgan fingerprint density at radius 1 is 1.44 bits per heavy atom. The molecule has 0 amide bonds. The molecule has 0 atom stereocenters. The van der Waals surface area contributed by atoms with E-state index in [-0.39, 0.29) is 15.5 Å². The summed E-state index contributed by atoms with van der Waals surface area (Å²) >= 11 is 5.70. The highest BCUT2D eigenvalue weighted by molar-refractivity contribution is 7.89. The zero-order valence-corrected chi connectivity index (χ0v) is 11.4. The molecule has 0 aliphatic rings. The molecule has 100 valence electrons. The van der Waals surface area contributed by atoms with Gasteiger partial charge in [0.2, 0.25) is 10.0 Å². The average Bonchev–Trinajstić information content (AvgIpc) is 2.28. The van der Waals surface area contributed by atoms with Gasteiger partial charge in [-0.15, -0.1) is 0 Å². The first-order chi connectivity index (χ1) is 8.36. The van der Waals surface area contributed by atoms with Crippen molar-refractivity contribution in [1.29, 1.82) is 0 Å². The minimum atomic E-state index is -3.95. The highest BCUT2D eigenvalue weighted by Crippen LogP contribution is 2.21. The van der Waals surface area contributed by atoms with Gasteiger partial charge >= 0.3 is 5.97 Å². The van der Waals surface area contributed by atoms with Gasteiger partial charge in [0.1, 0.15) is 4.90 Å². The van der Waals surface area contributed by atoms with Crippen LogP contribution in [0.4, 0.5) is 0 Å². The summed E-state index contributed by atoms with van der Waals surface area (Å²) in [7, 11) is -3.95. The zero-order chi connectivity index (χ0) is 13.8. The van der Waals surface area contributed by atoms with E-state index >= 15 is 0 Å². The molecule has 0 saturated carbocycles. The molecule has 1 rings (SSSR count). The van der Waals surface area contributed by atoms with Gasteiger partial charge in [0.25, 0.3) is 0 Å². The van der Waals surface area contributed by atoms with E-state index in [0.717, 1.165) is 18.9 Å². The molecule has 7 heteroatoms. The third-order valence-corrected chi connectivity index (χ3v) is 3.60. The van der Waals surface area contributed by atoms with E-state index in [1.807, 2.05) is 6.92 Å². The van der Waals surface area contributed by atoms with Crippen LogP contribution in [0.2, 0.25) is 5.02 Å². The van der Waals surface area contributed by atoms with Crippen LogP contribution in [0.3, 0.4) is 0 Å². The van der Waals surface area contributed by atoms with E-state index in [1.165, 1.54) is 12.1 Å². The summed E-state index contributed by atoms with van der Waals surface area (Å²) in [5, 5.41) is 4.96. The molecule has 18 heavy (non-hydrogen) atoms. The lowest BCUT2D eigenvalue weighted by Crippen LogP contribution is -2.14. The highest BCUT2D eigenvalue weighted by Gasteiger charge is 2.16. The molecular formula is C11H14ClNO4S. The van der Waals surface area contributed by atoms with Gasteiger partial charge in [-0.2, -0.15) is 0 Å². The minimum absolute atomic E-state index is 0.0254. The topological polar surface area (TPSA) is 86.5 Å². The Morgan fingerprint density at radius 3 is 2.67 bits per heavy atom. The monoisotopic (exact) mass is 291 g/mol.